The molecule has 0 aromatic rings. The van der Waals surface area contributed by atoms with Crippen molar-refractivity contribution >= 4 is 19.8 Å². The van der Waals surface area contributed by atoms with Gasteiger partial charge in [-0.05, 0) is 51.4 Å². The van der Waals surface area contributed by atoms with Crippen LogP contribution in [0.15, 0.2) is 36.5 Å². The van der Waals surface area contributed by atoms with Crippen LogP contribution in [0.1, 0.15) is 155 Å². The molecule has 0 aromatic heterocycles. The van der Waals surface area contributed by atoms with E-state index in [0.29, 0.717) is 17.4 Å². The van der Waals surface area contributed by atoms with E-state index in [1.54, 1.807) is 0 Å². The Kier molecular flexibility index (Phi) is 31.9. The highest BCUT2D eigenvalue weighted by Gasteiger charge is 2.27. The molecule has 0 aliphatic carbocycles. The van der Waals surface area contributed by atoms with Crippen LogP contribution in [-0.2, 0) is 32.7 Å². The van der Waals surface area contributed by atoms with E-state index in [-0.39, 0.29) is 32.0 Å². The number of esters is 2. The number of hydrogen-bond donors (Lipinski definition) is 1. The average Bonchev–Trinajstić information content (AvgIpc) is 3.06. The number of likely N-dealkylation sites (N-methyl/N-ethyl adjacent to an activating group) is 1. The molecule has 9 nitrogen and oxygen atoms in total. The van der Waals surface area contributed by atoms with Crippen LogP contribution in [0.25, 0.3) is 0 Å². The van der Waals surface area contributed by atoms with Crippen molar-refractivity contribution in [2.45, 2.75) is 161 Å². The predicted octanol–water partition coefficient (Wildman–Crippen LogP) is 10.6. The lowest BCUT2D eigenvalue weighted by Gasteiger charge is -2.24. The van der Waals surface area contributed by atoms with Gasteiger partial charge in [0, 0.05) is 12.8 Å². The van der Waals surface area contributed by atoms with Gasteiger partial charge >= 0.3 is 19.8 Å². The summed E-state index contributed by atoms with van der Waals surface area (Å²) in [7, 11) is 1.46. The number of allylic oxidation sites excluding steroid dienone is 6. The molecule has 0 aliphatic rings. The number of rotatable bonds is 35. The highest BCUT2D eigenvalue weighted by atomic mass is 31.2. The van der Waals surface area contributed by atoms with Crippen LogP contribution in [0, 0.1) is 0 Å². The molecular formula is C40H75NO8P+. The molecule has 0 rings (SSSR count). The molecule has 0 aromatic carbocycles. The monoisotopic (exact) mass is 729 g/mol. The third-order valence-electron chi connectivity index (χ3n) is 8.17. The zero-order valence-corrected chi connectivity index (χ0v) is 33.5. The van der Waals surface area contributed by atoms with Gasteiger partial charge in [0.1, 0.15) is 19.8 Å². The standard InChI is InChI=1S/C40H74NO8P/c1-6-8-10-12-13-14-15-16-17-18-19-20-21-22-23-24-25-26-27-29-31-33-40(43)49-38(36-46-39(42)32-30-28-11-9-7-2)37-48-50(44,45)47-35-34-41(3,4)5/h15-16,18-19,21-22,38H,6-14,17,20,23-37H2,1-5H3/p+1/b16-15-,19-18-,22-21-. The van der Waals surface area contributed by atoms with E-state index in [1.165, 1.54) is 38.5 Å². The van der Waals surface area contributed by atoms with Crippen LogP contribution in [0.2, 0.25) is 0 Å². The maximum atomic E-state index is 12.6. The number of unbranched alkanes of at least 4 members (excludes halogenated alkanes) is 15. The molecular weight excluding hydrogens is 653 g/mol. The fourth-order valence-electron chi connectivity index (χ4n) is 5.02. The highest BCUT2D eigenvalue weighted by Crippen LogP contribution is 2.43. The zero-order valence-electron chi connectivity index (χ0n) is 32.6. The van der Waals surface area contributed by atoms with Crippen molar-refractivity contribution < 1.29 is 42.1 Å². The number of carbonyl (C=O) groups is 2. The predicted molar refractivity (Wildman–Crippen MR) is 206 cm³/mol. The first kappa shape index (κ1) is 48.2. The lowest BCUT2D eigenvalue weighted by atomic mass is 10.1. The second kappa shape index (κ2) is 33.1. The van der Waals surface area contributed by atoms with Gasteiger partial charge in [-0.1, -0.05) is 127 Å². The molecule has 0 fully saturated rings. The Balaban J connectivity index is 4.26. The van der Waals surface area contributed by atoms with Gasteiger partial charge in [-0.25, -0.2) is 4.57 Å². The number of phosphoric acid groups is 1. The Hall–Kier alpha value is -1.77. The minimum atomic E-state index is -4.36. The van der Waals surface area contributed by atoms with E-state index in [4.69, 9.17) is 18.5 Å². The van der Waals surface area contributed by atoms with Gasteiger partial charge in [-0.3, -0.25) is 18.6 Å². The third-order valence-corrected chi connectivity index (χ3v) is 9.16. The summed E-state index contributed by atoms with van der Waals surface area (Å²) < 4.78 is 34.0. The first-order valence-corrected chi connectivity index (χ1v) is 21.2. The SMILES string of the molecule is CCCCCCC/C=C\C/C=C\C/C=C\CCCCCCCCC(=O)OC(COC(=O)CCCCCCC)COP(=O)(O)OCC[N+](C)(C)C. The first-order valence-electron chi connectivity index (χ1n) is 19.7. The summed E-state index contributed by atoms with van der Waals surface area (Å²) in [5, 5.41) is 0. The fourth-order valence-corrected chi connectivity index (χ4v) is 5.76. The summed E-state index contributed by atoms with van der Waals surface area (Å²) in [4.78, 5) is 34.9. The van der Waals surface area contributed by atoms with Gasteiger partial charge in [0.25, 0.3) is 0 Å². The average molecular weight is 729 g/mol. The number of carbonyl (C=O) groups excluding carboxylic acids is 2. The summed E-state index contributed by atoms with van der Waals surface area (Å²) in [6.45, 7) is 4.28. The molecule has 50 heavy (non-hydrogen) atoms. The molecule has 2 unspecified atom stereocenters. The van der Waals surface area contributed by atoms with Crippen molar-refractivity contribution in [2.24, 2.45) is 0 Å². The molecule has 2 atom stereocenters. The molecule has 0 saturated carbocycles. The topological polar surface area (TPSA) is 108 Å². The maximum Gasteiger partial charge on any atom is 0.472 e. The van der Waals surface area contributed by atoms with Gasteiger partial charge < -0.3 is 18.9 Å². The second-order valence-corrected chi connectivity index (χ2v) is 15.8. The van der Waals surface area contributed by atoms with Crippen LogP contribution in [0.3, 0.4) is 0 Å². The van der Waals surface area contributed by atoms with Crippen LogP contribution in [0.5, 0.6) is 0 Å². The maximum absolute atomic E-state index is 12.6. The molecule has 292 valence electrons. The quantitative estimate of drug-likeness (QED) is 0.0226. The van der Waals surface area contributed by atoms with Crippen LogP contribution in [0.4, 0.5) is 0 Å². The van der Waals surface area contributed by atoms with Crippen molar-refractivity contribution in [2.75, 3.05) is 47.5 Å². The lowest BCUT2D eigenvalue weighted by Crippen LogP contribution is -2.37. The van der Waals surface area contributed by atoms with Crippen molar-refractivity contribution in [3.05, 3.63) is 36.5 Å². The second-order valence-electron chi connectivity index (χ2n) is 14.3. The summed E-state index contributed by atoms with van der Waals surface area (Å²) >= 11 is 0. The van der Waals surface area contributed by atoms with Gasteiger partial charge in [-0.15, -0.1) is 0 Å². The molecule has 0 spiro atoms. The number of hydrogen-bond acceptors (Lipinski definition) is 7. The Labute approximate surface area is 306 Å². The Bertz CT molecular complexity index is 959. The Morgan fingerprint density at radius 2 is 1.08 bits per heavy atom. The number of ether oxygens (including phenoxy) is 2. The molecule has 0 saturated heterocycles. The minimum absolute atomic E-state index is 0.0285. The largest absolute Gasteiger partial charge is 0.472 e. The van der Waals surface area contributed by atoms with E-state index in [2.05, 4.69) is 50.3 Å². The summed E-state index contributed by atoms with van der Waals surface area (Å²) in [5.74, 6) is -0.829. The van der Waals surface area contributed by atoms with Crippen molar-refractivity contribution in [1.82, 2.24) is 0 Å². The number of phosphoric ester groups is 1. The van der Waals surface area contributed by atoms with Crippen LogP contribution in [-0.4, -0.2) is 74.9 Å². The summed E-state index contributed by atoms with van der Waals surface area (Å²) in [5.41, 5.74) is 0. The molecule has 0 amide bonds. The zero-order chi connectivity index (χ0) is 37.2. The normalized spacial score (nSPS) is 14.1. The molecule has 10 heteroatoms. The van der Waals surface area contributed by atoms with Crippen LogP contribution < -0.4 is 0 Å². The smallest absolute Gasteiger partial charge is 0.462 e. The molecule has 0 bridgehead atoms. The molecule has 0 aliphatic heterocycles. The number of quaternary nitrogens is 1. The van der Waals surface area contributed by atoms with E-state index in [9.17, 15) is 19.0 Å². The Morgan fingerprint density at radius 1 is 0.620 bits per heavy atom. The Morgan fingerprint density at radius 3 is 1.60 bits per heavy atom. The molecule has 0 radical (unpaired) electrons. The first-order chi connectivity index (χ1) is 24.0. The van der Waals surface area contributed by atoms with Crippen molar-refractivity contribution in [1.29, 1.82) is 0 Å². The van der Waals surface area contributed by atoms with Crippen molar-refractivity contribution in [3.63, 3.8) is 0 Å². The third kappa shape index (κ3) is 36.0. The van der Waals surface area contributed by atoms with Gasteiger partial charge in [0.15, 0.2) is 6.10 Å². The van der Waals surface area contributed by atoms with Gasteiger partial charge in [0.2, 0.25) is 0 Å². The van der Waals surface area contributed by atoms with E-state index < -0.39 is 26.5 Å². The lowest BCUT2D eigenvalue weighted by molar-refractivity contribution is -0.870. The van der Waals surface area contributed by atoms with Crippen molar-refractivity contribution in [3.8, 4) is 0 Å². The fraction of sp³-hybridized carbons (Fsp3) is 0.800. The summed E-state index contributed by atoms with van der Waals surface area (Å²) in [6, 6.07) is 0. The van der Waals surface area contributed by atoms with Crippen LogP contribution >= 0.6 is 7.82 Å². The molecule has 0 heterocycles. The van der Waals surface area contributed by atoms with E-state index >= 15 is 0 Å². The van der Waals surface area contributed by atoms with E-state index in [1.807, 2.05) is 21.1 Å². The van der Waals surface area contributed by atoms with Gasteiger partial charge in [0.05, 0.1) is 27.7 Å². The van der Waals surface area contributed by atoms with Gasteiger partial charge in [-0.2, -0.15) is 0 Å². The minimum Gasteiger partial charge on any atom is -0.462 e. The summed E-state index contributed by atoms with van der Waals surface area (Å²) in [6.07, 6.45) is 35.2. The highest BCUT2D eigenvalue weighted by molar-refractivity contribution is 7.47. The molecule has 1 N–H and O–H groups in total. The van der Waals surface area contributed by atoms with E-state index in [0.717, 1.165) is 83.5 Å². The number of nitrogens with zero attached hydrogens (tertiary/aromatic N) is 1.